The number of pyridine rings is 1. The molecule has 172 valence electrons. The van der Waals surface area contributed by atoms with E-state index >= 15 is 0 Å². The molecule has 2 aromatic heterocycles. The molecule has 8 nitrogen and oxygen atoms in total. The maximum Gasteiger partial charge on any atom is 0.331 e. The van der Waals surface area contributed by atoms with E-state index in [4.69, 9.17) is 4.74 Å². The number of aryl methyl sites for hydroxylation is 1. The molecule has 3 N–H and O–H groups in total. The van der Waals surface area contributed by atoms with Crippen molar-refractivity contribution in [1.29, 1.82) is 0 Å². The van der Waals surface area contributed by atoms with E-state index in [0.717, 1.165) is 42.6 Å². The van der Waals surface area contributed by atoms with Crippen LogP contribution in [0, 0.1) is 6.92 Å². The monoisotopic (exact) mass is 465 g/mol. The Morgan fingerprint density at radius 2 is 2.15 bits per heavy atom. The number of thiophene rings is 1. The van der Waals surface area contributed by atoms with E-state index in [1.807, 2.05) is 45.0 Å². The van der Waals surface area contributed by atoms with Crippen LogP contribution in [0.3, 0.4) is 0 Å². The van der Waals surface area contributed by atoms with E-state index in [-0.39, 0.29) is 24.1 Å². The normalized spacial score (nSPS) is 17.9. The molecule has 9 heteroatoms. The molecule has 1 unspecified atom stereocenters. The van der Waals surface area contributed by atoms with Gasteiger partial charge >= 0.3 is 6.03 Å². The zero-order chi connectivity index (χ0) is 23.1. The van der Waals surface area contributed by atoms with Crippen LogP contribution in [0.25, 0.3) is 10.2 Å². The highest BCUT2D eigenvalue weighted by atomic mass is 32.1. The average Bonchev–Trinajstić information content (AvgIpc) is 3.16. The smallest absolute Gasteiger partial charge is 0.331 e. The third-order valence-corrected chi connectivity index (χ3v) is 6.97. The second kappa shape index (κ2) is 8.64. The van der Waals surface area contributed by atoms with Gasteiger partial charge in [0.05, 0.1) is 28.6 Å². The Bertz CT molecular complexity index is 1230. The fourth-order valence-electron chi connectivity index (χ4n) is 4.39. The number of urea groups is 1. The maximum absolute atomic E-state index is 13.4. The van der Waals surface area contributed by atoms with Crippen molar-refractivity contribution in [2.45, 2.75) is 45.8 Å². The van der Waals surface area contributed by atoms with Crippen LogP contribution in [-0.4, -0.2) is 42.2 Å². The molecular formula is C24H27N5O3S. The van der Waals surface area contributed by atoms with Crippen molar-refractivity contribution >= 4 is 50.6 Å². The van der Waals surface area contributed by atoms with Gasteiger partial charge in [-0.2, -0.15) is 0 Å². The first-order valence-corrected chi connectivity index (χ1v) is 12.1. The summed E-state index contributed by atoms with van der Waals surface area (Å²) in [6.45, 7) is 7.62. The van der Waals surface area contributed by atoms with E-state index < -0.39 is 0 Å². The van der Waals surface area contributed by atoms with Crippen LogP contribution in [0.5, 0.6) is 5.75 Å². The molecule has 0 spiro atoms. The van der Waals surface area contributed by atoms with Gasteiger partial charge in [-0.1, -0.05) is 6.07 Å². The number of carbonyl (C=O) groups is 2. The van der Waals surface area contributed by atoms with Crippen molar-refractivity contribution in [1.82, 2.24) is 15.6 Å². The zero-order valence-electron chi connectivity index (χ0n) is 18.9. The number of carbonyl (C=O) groups excluding carboxylic acids is 2. The molecule has 1 saturated heterocycles. The second-order valence-electron chi connectivity index (χ2n) is 8.71. The average molecular weight is 466 g/mol. The topological polar surface area (TPSA) is 95.6 Å². The molecule has 0 radical (unpaired) electrons. The molecule has 2 aliphatic rings. The molecule has 1 aromatic carbocycles. The molecule has 0 bridgehead atoms. The Hall–Kier alpha value is -3.17. The van der Waals surface area contributed by atoms with Crippen LogP contribution in [-0.2, 0) is 0 Å². The van der Waals surface area contributed by atoms with Gasteiger partial charge in [-0.25, -0.2) is 9.78 Å². The van der Waals surface area contributed by atoms with Crippen LogP contribution in [0.1, 0.15) is 41.9 Å². The fourth-order valence-corrected chi connectivity index (χ4v) is 5.41. The number of nitrogens with zero attached hydrogens (tertiary/aromatic N) is 2. The number of piperidine rings is 1. The van der Waals surface area contributed by atoms with E-state index in [0.29, 0.717) is 26.8 Å². The Morgan fingerprint density at radius 1 is 1.30 bits per heavy atom. The number of hydrogen-bond acceptors (Lipinski definition) is 6. The van der Waals surface area contributed by atoms with Crippen LogP contribution in [0.4, 0.5) is 21.9 Å². The number of amides is 3. The van der Waals surface area contributed by atoms with E-state index in [1.54, 1.807) is 11.1 Å². The number of nitrogens with one attached hydrogen (secondary N) is 3. The summed E-state index contributed by atoms with van der Waals surface area (Å²) in [6.07, 6.45) is 3.67. The summed E-state index contributed by atoms with van der Waals surface area (Å²) in [5, 5.41) is 10.2. The molecule has 3 amide bonds. The first kappa shape index (κ1) is 21.7. The summed E-state index contributed by atoms with van der Waals surface area (Å²) in [4.78, 5) is 33.8. The number of benzene rings is 1. The Labute approximate surface area is 196 Å². The predicted molar refractivity (Wildman–Crippen MR) is 131 cm³/mol. The van der Waals surface area contributed by atoms with E-state index in [9.17, 15) is 9.59 Å². The number of rotatable bonds is 5. The largest absolute Gasteiger partial charge is 0.491 e. The van der Waals surface area contributed by atoms with Gasteiger partial charge in [0.15, 0.2) is 0 Å². The molecule has 1 fully saturated rings. The lowest BCUT2D eigenvalue weighted by molar-refractivity contribution is 0.0935. The number of ether oxygens (including phenoxy) is 1. The van der Waals surface area contributed by atoms with Crippen LogP contribution >= 0.6 is 11.3 Å². The minimum absolute atomic E-state index is 0.0206. The summed E-state index contributed by atoms with van der Waals surface area (Å²) >= 11 is 1.30. The molecule has 1 atom stereocenters. The van der Waals surface area contributed by atoms with Gasteiger partial charge < -0.3 is 20.7 Å². The van der Waals surface area contributed by atoms with Crippen molar-refractivity contribution in [3.05, 3.63) is 40.9 Å². The highest BCUT2D eigenvalue weighted by Crippen LogP contribution is 2.46. The Kier molecular flexibility index (Phi) is 5.67. The summed E-state index contributed by atoms with van der Waals surface area (Å²) in [6, 6.07) is 7.31. The molecule has 0 saturated carbocycles. The third kappa shape index (κ3) is 4.02. The van der Waals surface area contributed by atoms with Crippen molar-refractivity contribution in [3.63, 3.8) is 0 Å². The number of aromatic nitrogens is 1. The minimum atomic E-state index is -0.313. The minimum Gasteiger partial charge on any atom is -0.491 e. The molecule has 33 heavy (non-hydrogen) atoms. The third-order valence-electron chi connectivity index (χ3n) is 5.88. The maximum atomic E-state index is 13.4. The summed E-state index contributed by atoms with van der Waals surface area (Å²) in [5.74, 6) is 0.519. The van der Waals surface area contributed by atoms with E-state index in [1.165, 1.54) is 11.3 Å². The lowest BCUT2D eigenvalue weighted by atomic mass is 10.1. The SMILES string of the molecule is Cc1ccc(OC(C)C)cc1N1C(=O)Nc2c(C(=O)NC3CCCNC3)sc3nccc1c23. The van der Waals surface area contributed by atoms with Gasteiger partial charge in [0.25, 0.3) is 5.91 Å². The summed E-state index contributed by atoms with van der Waals surface area (Å²) < 4.78 is 5.86. The Morgan fingerprint density at radius 3 is 2.91 bits per heavy atom. The number of anilines is 3. The standard InChI is InChI=1S/C24H27N5O3S/c1-13(2)32-16-7-6-14(3)18(11-16)29-17-8-10-26-23-19(17)20(28-24(29)31)21(33-23)22(30)27-15-5-4-9-25-12-15/h6-8,10-11,13,15,25H,4-5,9,12H2,1-3H3,(H,27,30)(H,28,31). The molecule has 3 aromatic rings. The van der Waals surface area contributed by atoms with Gasteiger partial charge in [-0.3, -0.25) is 9.69 Å². The molecule has 4 heterocycles. The quantitative estimate of drug-likeness (QED) is 0.514. The lowest BCUT2D eigenvalue weighted by Gasteiger charge is -2.30. The second-order valence-corrected chi connectivity index (χ2v) is 9.71. The van der Waals surface area contributed by atoms with Gasteiger partial charge in [0, 0.05) is 24.8 Å². The lowest BCUT2D eigenvalue weighted by Crippen LogP contribution is -2.45. The van der Waals surface area contributed by atoms with Crippen molar-refractivity contribution in [3.8, 4) is 5.75 Å². The summed E-state index contributed by atoms with van der Waals surface area (Å²) in [5.41, 5.74) is 2.91. The summed E-state index contributed by atoms with van der Waals surface area (Å²) in [7, 11) is 0. The Balaban J connectivity index is 1.56. The fraction of sp³-hybridized carbons (Fsp3) is 0.375. The van der Waals surface area contributed by atoms with Crippen molar-refractivity contribution < 1.29 is 14.3 Å². The first-order valence-electron chi connectivity index (χ1n) is 11.2. The van der Waals surface area contributed by atoms with Crippen molar-refractivity contribution in [2.24, 2.45) is 0 Å². The van der Waals surface area contributed by atoms with Crippen LogP contribution in [0.2, 0.25) is 0 Å². The molecule has 0 aliphatic carbocycles. The van der Waals surface area contributed by atoms with Crippen LogP contribution < -0.4 is 25.6 Å². The van der Waals surface area contributed by atoms with Gasteiger partial charge in [-0.05, 0) is 57.9 Å². The first-order chi connectivity index (χ1) is 15.9. The van der Waals surface area contributed by atoms with Crippen LogP contribution in [0.15, 0.2) is 30.5 Å². The molecule has 5 rings (SSSR count). The van der Waals surface area contributed by atoms with Gasteiger partial charge in [-0.15, -0.1) is 11.3 Å². The number of hydrogen-bond donors (Lipinski definition) is 3. The highest BCUT2D eigenvalue weighted by molar-refractivity contribution is 7.21. The van der Waals surface area contributed by atoms with Gasteiger partial charge in [0.2, 0.25) is 0 Å². The molecule has 2 aliphatic heterocycles. The van der Waals surface area contributed by atoms with E-state index in [2.05, 4.69) is 20.9 Å². The predicted octanol–water partition coefficient (Wildman–Crippen LogP) is 4.56. The van der Waals surface area contributed by atoms with Crippen molar-refractivity contribution in [2.75, 3.05) is 23.3 Å². The zero-order valence-corrected chi connectivity index (χ0v) is 19.7. The molecular weight excluding hydrogens is 438 g/mol. The van der Waals surface area contributed by atoms with Gasteiger partial charge in [0.1, 0.15) is 15.5 Å². The highest BCUT2D eigenvalue weighted by Gasteiger charge is 2.34.